The van der Waals surface area contributed by atoms with Gasteiger partial charge in [0.2, 0.25) is 15.7 Å². The first-order valence-electron chi connectivity index (χ1n) is 5.87. The number of anilines is 2. The average molecular weight is 326 g/mol. The first-order valence-corrected chi connectivity index (χ1v) is 7.90. The third kappa shape index (κ3) is 3.93. The van der Waals surface area contributed by atoms with Gasteiger partial charge in [0.1, 0.15) is 5.75 Å². The van der Waals surface area contributed by atoms with Crippen molar-refractivity contribution in [3.8, 4) is 0 Å². The van der Waals surface area contributed by atoms with Gasteiger partial charge in [-0.2, -0.15) is 0 Å². The maximum Gasteiger partial charge on any atom is 0.240 e. The molecule has 2 rings (SSSR count). The van der Waals surface area contributed by atoms with Crippen LogP contribution in [-0.2, 0) is 14.6 Å². The average Bonchev–Trinajstić information content (AvgIpc) is 2.38. The van der Waals surface area contributed by atoms with Crippen LogP contribution in [0.15, 0.2) is 47.6 Å². The van der Waals surface area contributed by atoms with Gasteiger partial charge in [-0.3, -0.25) is 4.79 Å². The van der Waals surface area contributed by atoms with Gasteiger partial charge in [0.15, 0.2) is 5.03 Å². The number of hydrogen-bond donors (Lipinski definition) is 2. The number of nitrogens with one attached hydrogen (secondary N) is 1. The zero-order valence-corrected chi connectivity index (χ0v) is 12.4. The van der Waals surface area contributed by atoms with Crippen LogP contribution < -0.4 is 11.1 Å². The Labute approximate surface area is 126 Å². The van der Waals surface area contributed by atoms with Crippen molar-refractivity contribution in [2.45, 2.75) is 5.03 Å². The Morgan fingerprint density at radius 2 is 2.05 bits per heavy atom. The van der Waals surface area contributed by atoms with Crippen LogP contribution in [0.4, 0.5) is 11.4 Å². The predicted octanol–water partition coefficient (Wildman–Crippen LogP) is 1.73. The number of halogens is 1. The standard InChI is InChI=1S/C13H12ClN3O3S/c14-9-3-1-4-10(7-9)17-12(18)8-21(19,20)13-11(15)5-2-6-16-13/h1-7H,8,15H2,(H,17,18). The molecule has 3 N–H and O–H groups in total. The molecular weight excluding hydrogens is 314 g/mol. The Morgan fingerprint density at radius 3 is 2.71 bits per heavy atom. The van der Waals surface area contributed by atoms with Gasteiger partial charge < -0.3 is 11.1 Å². The molecule has 0 radical (unpaired) electrons. The molecule has 0 bridgehead atoms. The minimum atomic E-state index is -3.90. The van der Waals surface area contributed by atoms with Gasteiger partial charge in [-0.05, 0) is 30.3 Å². The lowest BCUT2D eigenvalue weighted by Gasteiger charge is -2.07. The second-order valence-electron chi connectivity index (χ2n) is 4.22. The van der Waals surface area contributed by atoms with E-state index >= 15 is 0 Å². The van der Waals surface area contributed by atoms with Crippen molar-refractivity contribution >= 4 is 38.7 Å². The molecule has 0 unspecified atom stereocenters. The van der Waals surface area contributed by atoms with Crippen molar-refractivity contribution in [3.63, 3.8) is 0 Å². The fourth-order valence-corrected chi connectivity index (χ4v) is 3.06. The largest absolute Gasteiger partial charge is 0.396 e. The summed E-state index contributed by atoms with van der Waals surface area (Å²) in [6.45, 7) is 0. The van der Waals surface area contributed by atoms with E-state index in [2.05, 4.69) is 10.3 Å². The third-order valence-corrected chi connectivity index (χ3v) is 4.33. The smallest absolute Gasteiger partial charge is 0.240 e. The molecule has 0 aliphatic heterocycles. The maximum atomic E-state index is 12.1. The Balaban J connectivity index is 2.14. The second-order valence-corrected chi connectivity index (χ2v) is 6.56. The number of sulfone groups is 1. The molecule has 0 fully saturated rings. The van der Waals surface area contributed by atoms with E-state index in [9.17, 15) is 13.2 Å². The fourth-order valence-electron chi connectivity index (χ4n) is 1.67. The summed E-state index contributed by atoms with van der Waals surface area (Å²) in [5.41, 5.74) is 5.99. The van der Waals surface area contributed by atoms with E-state index in [0.717, 1.165) is 0 Å². The molecule has 1 heterocycles. The Bertz CT molecular complexity index is 778. The molecule has 8 heteroatoms. The molecule has 1 amide bonds. The van der Waals surface area contributed by atoms with Crippen LogP contribution >= 0.6 is 11.6 Å². The highest BCUT2D eigenvalue weighted by molar-refractivity contribution is 7.92. The number of pyridine rings is 1. The van der Waals surface area contributed by atoms with Crippen LogP contribution in [0.1, 0.15) is 0 Å². The molecule has 110 valence electrons. The number of nitrogens with two attached hydrogens (primary N) is 1. The van der Waals surface area contributed by atoms with Crippen LogP contribution in [-0.4, -0.2) is 25.1 Å². The van der Waals surface area contributed by atoms with E-state index in [-0.39, 0.29) is 10.7 Å². The van der Waals surface area contributed by atoms with Crippen LogP contribution in [0.2, 0.25) is 5.02 Å². The minimum Gasteiger partial charge on any atom is -0.396 e. The zero-order valence-electron chi connectivity index (χ0n) is 10.8. The van der Waals surface area contributed by atoms with Crippen molar-refractivity contribution in [1.82, 2.24) is 4.98 Å². The Kier molecular flexibility index (Phi) is 4.44. The number of carbonyl (C=O) groups excluding carboxylic acids is 1. The number of rotatable bonds is 4. The van der Waals surface area contributed by atoms with Crippen LogP contribution in [0.3, 0.4) is 0 Å². The fraction of sp³-hybridized carbons (Fsp3) is 0.0769. The van der Waals surface area contributed by atoms with Gasteiger partial charge in [-0.1, -0.05) is 17.7 Å². The van der Waals surface area contributed by atoms with Crippen molar-refractivity contribution in [2.24, 2.45) is 0 Å². The van der Waals surface area contributed by atoms with Gasteiger partial charge >= 0.3 is 0 Å². The molecule has 21 heavy (non-hydrogen) atoms. The lowest BCUT2D eigenvalue weighted by Crippen LogP contribution is -2.24. The quantitative estimate of drug-likeness (QED) is 0.891. The van der Waals surface area contributed by atoms with E-state index in [1.807, 2.05) is 0 Å². The predicted molar refractivity (Wildman–Crippen MR) is 80.8 cm³/mol. The molecule has 0 saturated heterocycles. The van der Waals surface area contributed by atoms with E-state index in [1.165, 1.54) is 24.4 Å². The molecular formula is C13H12ClN3O3S. The summed E-state index contributed by atoms with van der Waals surface area (Å²) in [6, 6.07) is 9.33. The van der Waals surface area contributed by atoms with Crippen molar-refractivity contribution in [3.05, 3.63) is 47.6 Å². The molecule has 2 aromatic rings. The minimum absolute atomic E-state index is 0.00746. The van der Waals surface area contributed by atoms with Crippen molar-refractivity contribution < 1.29 is 13.2 Å². The molecule has 0 aliphatic rings. The van der Waals surface area contributed by atoms with E-state index in [0.29, 0.717) is 10.7 Å². The topological polar surface area (TPSA) is 102 Å². The van der Waals surface area contributed by atoms with Crippen LogP contribution in [0, 0.1) is 0 Å². The molecule has 1 aromatic carbocycles. The molecule has 1 aromatic heterocycles. The van der Waals surface area contributed by atoms with Gasteiger partial charge in [-0.25, -0.2) is 13.4 Å². The first kappa shape index (κ1) is 15.3. The van der Waals surface area contributed by atoms with Crippen LogP contribution in [0.25, 0.3) is 0 Å². The summed E-state index contributed by atoms with van der Waals surface area (Å²) in [6.07, 6.45) is 1.30. The number of nitrogens with zero attached hydrogens (tertiary/aromatic N) is 1. The second kappa shape index (κ2) is 6.11. The molecule has 0 saturated carbocycles. The summed E-state index contributed by atoms with van der Waals surface area (Å²) >= 11 is 5.78. The highest BCUT2D eigenvalue weighted by atomic mass is 35.5. The monoisotopic (exact) mass is 325 g/mol. The Morgan fingerprint density at radius 1 is 1.29 bits per heavy atom. The molecule has 0 atom stereocenters. The summed E-state index contributed by atoms with van der Waals surface area (Å²) in [4.78, 5) is 15.5. The van der Waals surface area contributed by atoms with Gasteiger partial charge in [0.05, 0.1) is 5.69 Å². The Hall–Kier alpha value is -2.12. The number of amides is 1. The lowest BCUT2D eigenvalue weighted by atomic mass is 10.3. The number of aromatic nitrogens is 1. The number of benzene rings is 1. The zero-order chi connectivity index (χ0) is 15.5. The maximum absolute atomic E-state index is 12.1. The highest BCUT2D eigenvalue weighted by Gasteiger charge is 2.23. The van der Waals surface area contributed by atoms with Crippen LogP contribution in [0.5, 0.6) is 0 Å². The SMILES string of the molecule is Nc1cccnc1S(=O)(=O)CC(=O)Nc1cccc(Cl)c1. The van der Waals surface area contributed by atoms with Crippen molar-refractivity contribution in [2.75, 3.05) is 16.8 Å². The molecule has 0 spiro atoms. The van der Waals surface area contributed by atoms with Crippen molar-refractivity contribution in [1.29, 1.82) is 0 Å². The summed E-state index contributed by atoms with van der Waals surface area (Å²) in [5.74, 6) is -1.44. The van der Waals surface area contributed by atoms with Gasteiger partial charge in [-0.15, -0.1) is 0 Å². The molecule has 0 aliphatic carbocycles. The summed E-state index contributed by atoms with van der Waals surface area (Å²) in [5, 5.41) is 2.59. The van der Waals surface area contributed by atoms with Gasteiger partial charge in [0.25, 0.3) is 0 Å². The first-order chi connectivity index (χ1) is 9.88. The normalized spacial score (nSPS) is 11.1. The summed E-state index contributed by atoms with van der Waals surface area (Å²) < 4.78 is 24.2. The third-order valence-electron chi connectivity index (χ3n) is 2.52. The van der Waals surface area contributed by atoms with E-state index < -0.39 is 21.5 Å². The molecule has 6 nitrogen and oxygen atoms in total. The van der Waals surface area contributed by atoms with E-state index in [4.69, 9.17) is 17.3 Å². The van der Waals surface area contributed by atoms with E-state index in [1.54, 1.807) is 18.2 Å². The lowest BCUT2D eigenvalue weighted by molar-refractivity contribution is -0.113. The number of nitrogen functional groups attached to an aromatic ring is 1. The van der Waals surface area contributed by atoms with Gasteiger partial charge in [0, 0.05) is 16.9 Å². The summed E-state index contributed by atoms with van der Waals surface area (Å²) in [7, 11) is -3.90. The number of carbonyl (C=O) groups is 1. The highest BCUT2D eigenvalue weighted by Crippen LogP contribution is 2.17. The number of hydrogen-bond acceptors (Lipinski definition) is 5.